The van der Waals surface area contributed by atoms with Crippen molar-refractivity contribution in [2.75, 3.05) is 18.5 Å². The highest BCUT2D eigenvalue weighted by Crippen LogP contribution is 2.35. The van der Waals surface area contributed by atoms with Gasteiger partial charge < -0.3 is 20.1 Å². The Bertz CT molecular complexity index is 1210. The molecule has 32 heavy (non-hydrogen) atoms. The molecule has 2 N–H and O–H groups in total. The van der Waals surface area contributed by atoms with Gasteiger partial charge in [0.1, 0.15) is 36.0 Å². The molecule has 2 aromatic carbocycles. The van der Waals surface area contributed by atoms with Crippen LogP contribution in [-0.2, 0) is 0 Å². The van der Waals surface area contributed by atoms with Crippen LogP contribution in [-0.4, -0.2) is 34.1 Å². The molecule has 162 valence electrons. The Labute approximate surface area is 190 Å². The molecule has 0 amide bonds. The van der Waals surface area contributed by atoms with Gasteiger partial charge in [0.25, 0.3) is 0 Å². The van der Waals surface area contributed by atoms with Crippen LogP contribution in [0.15, 0.2) is 67.3 Å². The molecule has 1 saturated heterocycles. The van der Waals surface area contributed by atoms with Gasteiger partial charge in [-0.15, -0.1) is 0 Å². The van der Waals surface area contributed by atoms with Gasteiger partial charge in [0.2, 0.25) is 0 Å². The molecule has 8 heteroatoms. The Morgan fingerprint density at radius 1 is 1.09 bits per heavy atom. The Morgan fingerprint density at radius 2 is 2.06 bits per heavy atom. The third-order valence-corrected chi connectivity index (χ3v) is 5.58. The summed E-state index contributed by atoms with van der Waals surface area (Å²) < 4.78 is 12.0. The predicted octanol–water partition coefficient (Wildman–Crippen LogP) is 5.34. The van der Waals surface area contributed by atoms with Crippen molar-refractivity contribution in [1.29, 1.82) is 0 Å². The predicted molar refractivity (Wildman–Crippen MR) is 125 cm³/mol. The Hall–Kier alpha value is -3.42. The minimum Gasteiger partial charge on any atom is -0.491 e. The lowest BCUT2D eigenvalue weighted by atomic mass is 10.2. The van der Waals surface area contributed by atoms with Crippen LogP contribution in [0.1, 0.15) is 12.8 Å². The molecule has 5 rings (SSSR count). The second-order valence-corrected chi connectivity index (χ2v) is 7.95. The van der Waals surface area contributed by atoms with Crippen LogP contribution in [0.5, 0.6) is 17.2 Å². The third-order valence-electron chi connectivity index (χ3n) is 5.28. The number of benzene rings is 2. The van der Waals surface area contributed by atoms with E-state index in [1.54, 1.807) is 18.5 Å². The van der Waals surface area contributed by atoms with Crippen molar-refractivity contribution in [2.24, 2.45) is 0 Å². The van der Waals surface area contributed by atoms with Gasteiger partial charge in [-0.25, -0.2) is 9.97 Å². The van der Waals surface area contributed by atoms with E-state index in [2.05, 4.69) is 25.6 Å². The van der Waals surface area contributed by atoms with Crippen molar-refractivity contribution < 1.29 is 9.47 Å². The lowest BCUT2D eigenvalue weighted by Gasteiger charge is -2.16. The van der Waals surface area contributed by atoms with Crippen molar-refractivity contribution in [3.05, 3.63) is 72.3 Å². The van der Waals surface area contributed by atoms with E-state index in [-0.39, 0.29) is 0 Å². The van der Waals surface area contributed by atoms with Crippen LogP contribution < -0.4 is 20.1 Å². The topological polar surface area (TPSA) is 81.2 Å². The zero-order chi connectivity index (χ0) is 21.8. The summed E-state index contributed by atoms with van der Waals surface area (Å²) in [5, 5.41) is 8.11. The van der Waals surface area contributed by atoms with Crippen molar-refractivity contribution in [3.8, 4) is 17.2 Å². The summed E-state index contributed by atoms with van der Waals surface area (Å²) in [6, 6.07) is 15.3. The maximum absolute atomic E-state index is 6.47. The largest absolute Gasteiger partial charge is 0.491 e. The highest BCUT2D eigenvalue weighted by molar-refractivity contribution is 6.32. The van der Waals surface area contributed by atoms with E-state index in [1.807, 2.05) is 42.5 Å². The molecule has 4 aromatic rings. The van der Waals surface area contributed by atoms with Gasteiger partial charge >= 0.3 is 0 Å². The number of nitrogens with one attached hydrogen (secondary N) is 2. The Morgan fingerprint density at radius 3 is 2.88 bits per heavy atom. The van der Waals surface area contributed by atoms with Crippen molar-refractivity contribution in [1.82, 2.24) is 20.3 Å². The fourth-order valence-electron chi connectivity index (χ4n) is 3.72. The molecule has 0 aliphatic carbocycles. The molecule has 0 unspecified atom stereocenters. The number of rotatable bonds is 7. The molecule has 1 fully saturated rings. The first-order chi connectivity index (χ1) is 15.8. The average Bonchev–Trinajstić information content (AvgIpc) is 3.34. The molecular weight excluding hydrogens is 426 g/mol. The summed E-state index contributed by atoms with van der Waals surface area (Å²) in [5.74, 6) is 2.57. The maximum Gasteiger partial charge on any atom is 0.146 e. The monoisotopic (exact) mass is 447 g/mol. The molecular formula is C24H22ClN5O2. The minimum absolute atomic E-state index is 0.373. The fourth-order valence-corrected chi connectivity index (χ4v) is 3.93. The van der Waals surface area contributed by atoms with Crippen LogP contribution in [0.4, 0.5) is 11.5 Å². The number of ether oxygens (including phenoxy) is 2. The summed E-state index contributed by atoms with van der Waals surface area (Å²) in [6.07, 6.45) is 7.17. The van der Waals surface area contributed by atoms with Gasteiger partial charge in [0.15, 0.2) is 0 Å². The number of nitrogens with zero attached hydrogens (tertiary/aromatic N) is 3. The molecule has 1 aliphatic rings. The second-order valence-electron chi connectivity index (χ2n) is 7.54. The van der Waals surface area contributed by atoms with Crippen LogP contribution in [0.3, 0.4) is 0 Å². The summed E-state index contributed by atoms with van der Waals surface area (Å²) in [4.78, 5) is 12.9. The average molecular weight is 448 g/mol. The number of aromatic nitrogens is 3. The van der Waals surface area contributed by atoms with E-state index in [9.17, 15) is 0 Å². The molecule has 0 saturated carbocycles. The number of fused-ring (bicyclic) bond motifs is 1. The smallest absolute Gasteiger partial charge is 0.146 e. The SMILES string of the molecule is Clc1cc(Nc2ncnc3cccc(OC[C@@H]4CCCN4)c23)ccc1Oc1cccnc1. The first kappa shape index (κ1) is 20.5. The third kappa shape index (κ3) is 4.59. The van der Waals surface area contributed by atoms with Crippen molar-refractivity contribution in [3.63, 3.8) is 0 Å². The number of halogens is 1. The van der Waals surface area contributed by atoms with Gasteiger partial charge in [0, 0.05) is 17.9 Å². The van der Waals surface area contributed by atoms with Gasteiger partial charge in [0.05, 0.1) is 22.1 Å². The Kier molecular flexibility index (Phi) is 6.00. The fraction of sp³-hybridized carbons (Fsp3) is 0.208. The van der Waals surface area contributed by atoms with E-state index in [0.717, 1.165) is 35.3 Å². The number of pyridine rings is 1. The van der Waals surface area contributed by atoms with Gasteiger partial charge in [-0.3, -0.25) is 4.98 Å². The van der Waals surface area contributed by atoms with Gasteiger partial charge in [-0.2, -0.15) is 0 Å². The summed E-state index contributed by atoms with van der Waals surface area (Å²) >= 11 is 6.47. The van der Waals surface area contributed by atoms with Gasteiger partial charge in [-0.05, 0) is 61.9 Å². The summed E-state index contributed by atoms with van der Waals surface area (Å²) in [7, 11) is 0. The van der Waals surface area contributed by atoms with E-state index >= 15 is 0 Å². The van der Waals surface area contributed by atoms with Crippen LogP contribution >= 0.6 is 11.6 Å². The standard InChI is InChI=1S/C24H22ClN5O2/c25-19-12-16(8-9-21(19)32-18-5-3-10-26-13-18)30-24-23-20(28-15-29-24)6-1-7-22(23)31-14-17-4-2-11-27-17/h1,3,5-10,12-13,15,17,27H,2,4,11,14H2,(H,28,29,30)/t17-/m0/s1. The molecule has 0 bridgehead atoms. The molecule has 2 aromatic heterocycles. The van der Waals surface area contributed by atoms with Crippen LogP contribution in [0, 0.1) is 0 Å². The Balaban J connectivity index is 1.39. The van der Waals surface area contributed by atoms with E-state index in [1.165, 1.54) is 12.7 Å². The van der Waals surface area contributed by atoms with Crippen LogP contribution in [0.25, 0.3) is 10.9 Å². The first-order valence-corrected chi connectivity index (χ1v) is 10.9. The van der Waals surface area contributed by atoms with E-state index < -0.39 is 0 Å². The quantitative estimate of drug-likeness (QED) is 0.395. The molecule has 0 radical (unpaired) electrons. The van der Waals surface area contributed by atoms with E-state index in [0.29, 0.717) is 35.0 Å². The zero-order valence-corrected chi connectivity index (χ0v) is 18.0. The zero-order valence-electron chi connectivity index (χ0n) is 17.3. The summed E-state index contributed by atoms with van der Waals surface area (Å²) in [5.41, 5.74) is 1.59. The van der Waals surface area contributed by atoms with E-state index in [4.69, 9.17) is 21.1 Å². The number of hydrogen-bond acceptors (Lipinski definition) is 7. The van der Waals surface area contributed by atoms with Crippen molar-refractivity contribution >= 4 is 34.0 Å². The van der Waals surface area contributed by atoms with Crippen molar-refractivity contribution in [2.45, 2.75) is 18.9 Å². The normalized spacial score (nSPS) is 15.6. The first-order valence-electron chi connectivity index (χ1n) is 10.5. The lowest BCUT2D eigenvalue weighted by Crippen LogP contribution is -2.28. The lowest BCUT2D eigenvalue weighted by molar-refractivity contribution is 0.280. The maximum atomic E-state index is 6.47. The molecule has 7 nitrogen and oxygen atoms in total. The second kappa shape index (κ2) is 9.38. The number of hydrogen-bond donors (Lipinski definition) is 2. The van der Waals surface area contributed by atoms with Crippen LogP contribution in [0.2, 0.25) is 5.02 Å². The summed E-state index contributed by atoms with van der Waals surface area (Å²) in [6.45, 7) is 1.65. The highest BCUT2D eigenvalue weighted by atomic mass is 35.5. The number of anilines is 2. The highest BCUT2D eigenvalue weighted by Gasteiger charge is 2.17. The minimum atomic E-state index is 0.373. The molecule has 1 atom stereocenters. The van der Waals surface area contributed by atoms with Gasteiger partial charge in [-0.1, -0.05) is 17.7 Å². The molecule has 1 aliphatic heterocycles. The molecule has 3 heterocycles. The molecule has 0 spiro atoms.